The lowest BCUT2D eigenvalue weighted by atomic mass is 9.53. The van der Waals surface area contributed by atoms with Crippen LogP contribution in [0, 0.1) is 23.6 Å². The SMILES string of the molecule is O=C(NC1=NCCN1)c1cc(F)c(Nc2nccc(C(=O)NC34CC5CC(CC(C5)C3)C4)c2Cl)c(C2CC2)c1. The topological polar surface area (TPSA) is 108 Å². The number of nitrogens with one attached hydrogen (secondary N) is 4. The number of halogens is 2. The molecular weight excluding hydrogens is 519 g/mol. The van der Waals surface area contributed by atoms with Gasteiger partial charge in [-0.15, -0.1) is 0 Å². The van der Waals surface area contributed by atoms with Crippen molar-refractivity contribution in [1.29, 1.82) is 0 Å². The van der Waals surface area contributed by atoms with Crippen molar-refractivity contribution in [2.75, 3.05) is 18.4 Å². The average Bonchev–Trinajstić information content (AvgIpc) is 3.61. The molecule has 6 aliphatic rings. The molecule has 2 amide bonds. The Hall–Kier alpha value is -3.20. The minimum Gasteiger partial charge on any atom is -0.354 e. The van der Waals surface area contributed by atoms with Crippen molar-refractivity contribution in [1.82, 2.24) is 20.9 Å². The van der Waals surface area contributed by atoms with E-state index >= 15 is 4.39 Å². The summed E-state index contributed by atoms with van der Waals surface area (Å²) >= 11 is 6.72. The molecule has 2 aromatic rings. The Labute approximate surface area is 231 Å². The van der Waals surface area contributed by atoms with Gasteiger partial charge in [-0.2, -0.15) is 0 Å². The van der Waals surface area contributed by atoms with Crippen LogP contribution in [0.15, 0.2) is 29.4 Å². The first-order chi connectivity index (χ1) is 18.9. The Balaban J connectivity index is 1.13. The van der Waals surface area contributed by atoms with Crippen molar-refractivity contribution in [2.45, 2.75) is 62.8 Å². The van der Waals surface area contributed by atoms with E-state index in [0.717, 1.165) is 32.1 Å². The zero-order valence-electron chi connectivity index (χ0n) is 21.7. The molecule has 5 saturated carbocycles. The summed E-state index contributed by atoms with van der Waals surface area (Å²) in [5.74, 6) is 1.67. The number of hydrogen-bond donors (Lipinski definition) is 4. The number of aliphatic imine (C=N–C) groups is 1. The second-order valence-corrected chi connectivity index (χ2v) is 12.5. The average molecular weight is 551 g/mol. The van der Waals surface area contributed by atoms with Crippen LogP contribution in [0.25, 0.3) is 0 Å². The first-order valence-electron chi connectivity index (χ1n) is 14.0. The summed E-state index contributed by atoms with van der Waals surface area (Å²) in [7, 11) is 0. The quantitative estimate of drug-likeness (QED) is 0.410. The number of benzene rings is 1. The molecule has 1 aromatic heterocycles. The second kappa shape index (κ2) is 9.47. The van der Waals surface area contributed by atoms with Crippen LogP contribution in [0.4, 0.5) is 15.9 Å². The molecular formula is C29H32ClFN6O2. The number of rotatable bonds is 6. The van der Waals surface area contributed by atoms with Crippen LogP contribution in [0.2, 0.25) is 5.02 Å². The van der Waals surface area contributed by atoms with Gasteiger partial charge in [0.15, 0.2) is 5.96 Å². The maximum absolute atomic E-state index is 15.5. The van der Waals surface area contributed by atoms with Crippen LogP contribution < -0.4 is 21.3 Å². The first-order valence-corrected chi connectivity index (χ1v) is 14.4. The van der Waals surface area contributed by atoms with Crippen LogP contribution in [-0.2, 0) is 0 Å². The van der Waals surface area contributed by atoms with E-state index in [2.05, 4.69) is 31.2 Å². The molecule has 1 aliphatic heterocycles. The fourth-order valence-corrected chi connectivity index (χ4v) is 7.91. The van der Waals surface area contributed by atoms with Crippen LogP contribution in [0.1, 0.15) is 83.6 Å². The monoisotopic (exact) mass is 550 g/mol. The van der Waals surface area contributed by atoms with Gasteiger partial charge >= 0.3 is 0 Å². The van der Waals surface area contributed by atoms with Gasteiger partial charge in [0, 0.05) is 23.8 Å². The summed E-state index contributed by atoms with van der Waals surface area (Å²) in [6.07, 6.45) is 10.3. The molecule has 2 heterocycles. The standard InChI is InChI=1S/C29H32ClFN6O2/c30-23-20(27(39)37-29-12-15-7-16(13-29)9-17(8-15)14-29)3-4-32-25(23)35-24-21(18-1-2-18)10-19(11-22(24)31)26(38)36-28-33-5-6-34-28/h3-4,10-11,15-18H,1-2,5-9,12-14H2,(H,32,35)(H,37,39)(H2,33,34,36,38). The zero-order valence-corrected chi connectivity index (χ0v) is 22.4. The molecule has 0 saturated heterocycles. The fourth-order valence-electron chi connectivity index (χ4n) is 7.67. The maximum Gasteiger partial charge on any atom is 0.258 e. The van der Waals surface area contributed by atoms with Crippen LogP contribution in [0.5, 0.6) is 0 Å². The molecule has 4 N–H and O–H groups in total. The van der Waals surface area contributed by atoms with E-state index in [4.69, 9.17) is 11.6 Å². The van der Waals surface area contributed by atoms with Crippen molar-refractivity contribution in [3.05, 3.63) is 51.9 Å². The Morgan fingerprint density at radius 1 is 1.05 bits per heavy atom. The van der Waals surface area contributed by atoms with Crippen molar-refractivity contribution >= 4 is 40.9 Å². The van der Waals surface area contributed by atoms with Crippen LogP contribution in [-0.4, -0.2) is 41.4 Å². The van der Waals surface area contributed by atoms with Gasteiger partial charge in [0.1, 0.15) is 11.6 Å². The summed E-state index contributed by atoms with van der Waals surface area (Å²) in [5, 5.41) is 12.3. The third-order valence-electron chi connectivity index (χ3n) is 9.10. The van der Waals surface area contributed by atoms with Gasteiger partial charge in [0.2, 0.25) is 0 Å². The van der Waals surface area contributed by atoms with Gasteiger partial charge in [0.05, 0.1) is 22.8 Å². The van der Waals surface area contributed by atoms with Gasteiger partial charge in [-0.25, -0.2) is 9.37 Å². The highest BCUT2D eigenvalue weighted by Gasteiger charge is 2.51. The molecule has 0 atom stereocenters. The highest BCUT2D eigenvalue weighted by Crippen LogP contribution is 2.55. The fraction of sp³-hybridized carbons (Fsp3) is 0.517. The molecule has 1 aromatic carbocycles. The summed E-state index contributed by atoms with van der Waals surface area (Å²) in [4.78, 5) is 34.7. The van der Waals surface area contributed by atoms with E-state index in [0.29, 0.717) is 47.9 Å². The first kappa shape index (κ1) is 24.8. The number of pyridine rings is 1. The molecule has 8 nitrogen and oxygen atoms in total. The van der Waals surface area contributed by atoms with Crippen molar-refractivity contribution in [2.24, 2.45) is 22.7 Å². The molecule has 8 rings (SSSR count). The van der Waals surface area contributed by atoms with Gasteiger partial charge < -0.3 is 16.0 Å². The Bertz CT molecular complexity index is 1350. The molecule has 5 fully saturated rings. The number of amides is 2. The third kappa shape index (κ3) is 4.75. The number of carbonyl (C=O) groups excluding carboxylic acids is 2. The Morgan fingerprint density at radius 3 is 2.41 bits per heavy atom. The minimum absolute atomic E-state index is 0.137. The molecule has 10 heteroatoms. The Morgan fingerprint density at radius 2 is 1.77 bits per heavy atom. The van der Waals surface area contributed by atoms with Gasteiger partial charge in [-0.05, 0) is 98.8 Å². The highest BCUT2D eigenvalue weighted by atomic mass is 35.5. The van der Waals surface area contributed by atoms with E-state index in [1.165, 1.54) is 31.5 Å². The zero-order chi connectivity index (χ0) is 26.7. The summed E-state index contributed by atoms with van der Waals surface area (Å²) in [5.41, 5.74) is 1.34. The van der Waals surface area contributed by atoms with Gasteiger partial charge in [-0.1, -0.05) is 11.6 Å². The van der Waals surface area contributed by atoms with E-state index in [1.807, 2.05) is 0 Å². The molecule has 39 heavy (non-hydrogen) atoms. The predicted molar refractivity (Wildman–Crippen MR) is 147 cm³/mol. The van der Waals surface area contributed by atoms with Gasteiger partial charge in [0.25, 0.3) is 11.8 Å². The number of hydrogen-bond acceptors (Lipinski definition) is 6. The van der Waals surface area contributed by atoms with Crippen molar-refractivity contribution in [3.63, 3.8) is 0 Å². The second-order valence-electron chi connectivity index (χ2n) is 12.1. The lowest BCUT2D eigenvalue weighted by molar-refractivity contribution is -0.0167. The molecule has 0 unspecified atom stereocenters. The smallest absolute Gasteiger partial charge is 0.258 e. The van der Waals surface area contributed by atoms with Crippen LogP contribution in [0.3, 0.4) is 0 Å². The normalized spacial score (nSPS) is 28.6. The summed E-state index contributed by atoms with van der Waals surface area (Å²) in [6, 6.07) is 4.54. The van der Waals surface area contributed by atoms with E-state index in [1.54, 1.807) is 12.1 Å². The van der Waals surface area contributed by atoms with Crippen molar-refractivity contribution < 1.29 is 14.0 Å². The molecule has 0 spiro atoms. The largest absolute Gasteiger partial charge is 0.354 e. The number of anilines is 2. The third-order valence-corrected chi connectivity index (χ3v) is 9.48. The number of carbonyl (C=O) groups is 2. The van der Waals surface area contributed by atoms with Crippen LogP contribution >= 0.6 is 11.6 Å². The number of guanidine groups is 1. The summed E-state index contributed by atoms with van der Waals surface area (Å²) in [6.45, 7) is 1.25. The van der Waals surface area contributed by atoms with Crippen molar-refractivity contribution in [3.8, 4) is 0 Å². The lowest BCUT2D eigenvalue weighted by Crippen LogP contribution is -2.59. The maximum atomic E-state index is 15.5. The van der Waals surface area contributed by atoms with E-state index in [9.17, 15) is 9.59 Å². The Kier molecular flexibility index (Phi) is 6.02. The molecule has 4 bridgehead atoms. The number of nitrogens with zero attached hydrogens (tertiary/aromatic N) is 2. The van der Waals surface area contributed by atoms with E-state index in [-0.39, 0.29) is 39.5 Å². The minimum atomic E-state index is -0.577. The predicted octanol–water partition coefficient (Wildman–Crippen LogP) is 4.88. The molecule has 5 aliphatic carbocycles. The molecule has 0 radical (unpaired) electrons. The lowest BCUT2D eigenvalue weighted by Gasteiger charge is -2.56. The summed E-state index contributed by atoms with van der Waals surface area (Å²) < 4.78 is 15.5. The van der Waals surface area contributed by atoms with E-state index < -0.39 is 11.7 Å². The number of aromatic nitrogens is 1. The van der Waals surface area contributed by atoms with Gasteiger partial charge in [-0.3, -0.25) is 19.9 Å². The molecule has 204 valence electrons. The highest BCUT2D eigenvalue weighted by molar-refractivity contribution is 6.36.